The first-order chi connectivity index (χ1) is 12.0. The lowest BCUT2D eigenvalue weighted by Gasteiger charge is -2.16. The maximum absolute atomic E-state index is 12.5. The van der Waals surface area contributed by atoms with Crippen molar-refractivity contribution in [3.63, 3.8) is 0 Å². The van der Waals surface area contributed by atoms with Crippen LogP contribution >= 0.6 is 24.0 Å². The number of hydrogen-bond acceptors (Lipinski definition) is 6. The van der Waals surface area contributed by atoms with Gasteiger partial charge in [-0.3, -0.25) is 15.0 Å². The molecule has 126 valence electrons. The third kappa shape index (κ3) is 3.65. The lowest BCUT2D eigenvalue weighted by molar-refractivity contribution is -0.123. The normalized spacial score (nSPS) is 15.7. The minimum atomic E-state index is -0.639. The average Bonchev–Trinajstić information content (AvgIpc) is 2.85. The first-order valence-electron chi connectivity index (χ1n) is 7.11. The Balaban J connectivity index is 1.79. The molecule has 2 aromatic rings. The predicted molar refractivity (Wildman–Crippen MR) is 98.7 cm³/mol. The molecule has 8 heteroatoms. The lowest BCUT2D eigenvalue weighted by atomic mass is 10.2. The van der Waals surface area contributed by atoms with E-state index in [2.05, 4.69) is 5.43 Å². The van der Waals surface area contributed by atoms with Crippen LogP contribution in [0.4, 0.5) is 0 Å². The number of hydrazine groups is 1. The van der Waals surface area contributed by atoms with Crippen LogP contribution in [0.3, 0.4) is 0 Å². The van der Waals surface area contributed by atoms with E-state index in [-0.39, 0.29) is 21.4 Å². The zero-order chi connectivity index (χ0) is 18.0. The Morgan fingerprint density at radius 1 is 1.12 bits per heavy atom. The van der Waals surface area contributed by atoms with E-state index in [1.807, 2.05) is 0 Å². The van der Waals surface area contributed by atoms with Gasteiger partial charge in [0.1, 0.15) is 11.5 Å². The number of phenols is 2. The number of benzene rings is 2. The number of thioether (sulfide) groups is 1. The topological polar surface area (TPSA) is 89.9 Å². The van der Waals surface area contributed by atoms with Gasteiger partial charge in [-0.25, -0.2) is 0 Å². The van der Waals surface area contributed by atoms with E-state index in [1.165, 1.54) is 24.3 Å². The summed E-state index contributed by atoms with van der Waals surface area (Å²) in [5, 5.41) is 20.0. The van der Waals surface area contributed by atoms with Crippen LogP contribution in [-0.4, -0.2) is 31.4 Å². The summed E-state index contributed by atoms with van der Waals surface area (Å²) in [6, 6.07) is 12.3. The Hall–Kier alpha value is -2.84. The molecular formula is C17H12N2O4S2. The smallest absolute Gasteiger partial charge is 0.285 e. The second kappa shape index (κ2) is 6.96. The third-order valence-electron chi connectivity index (χ3n) is 3.35. The van der Waals surface area contributed by atoms with E-state index in [1.54, 1.807) is 30.3 Å². The minimum absolute atomic E-state index is 0.0408. The van der Waals surface area contributed by atoms with E-state index < -0.39 is 11.8 Å². The van der Waals surface area contributed by atoms with Gasteiger partial charge in [-0.05, 0) is 48.1 Å². The van der Waals surface area contributed by atoms with Crippen molar-refractivity contribution in [3.8, 4) is 11.5 Å². The van der Waals surface area contributed by atoms with Crippen LogP contribution in [-0.2, 0) is 4.79 Å². The molecule has 0 spiro atoms. The second-order valence-corrected chi connectivity index (χ2v) is 6.74. The van der Waals surface area contributed by atoms with Gasteiger partial charge in [0.05, 0.1) is 10.5 Å². The lowest BCUT2D eigenvalue weighted by Crippen LogP contribution is -2.44. The van der Waals surface area contributed by atoms with E-state index in [0.717, 1.165) is 16.8 Å². The van der Waals surface area contributed by atoms with Crippen LogP contribution in [0, 0.1) is 0 Å². The zero-order valence-corrected chi connectivity index (χ0v) is 14.3. The van der Waals surface area contributed by atoms with Gasteiger partial charge in [-0.15, -0.1) is 0 Å². The number of thiocarbonyl (C=S) groups is 1. The fourth-order valence-corrected chi connectivity index (χ4v) is 3.29. The fourth-order valence-electron chi connectivity index (χ4n) is 2.11. The molecule has 1 heterocycles. The van der Waals surface area contributed by atoms with Gasteiger partial charge in [0.2, 0.25) is 0 Å². The summed E-state index contributed by atoms with van der Waals surface area (Å²) >= 11 is 6.19. The Labute approximate surface area is 152 Å². The number of aromatic hydroxyl groups is 2. The maximum Gasteiger partial charge on any atom is 0.285 e. The van der Waals surface area contributed by atoms with Crippen molar-refractivity contribution in [3.05, 3.63) is 64.6 Å². The summed E-state index contributed by atoms with van der Waals surface area (Å²) in [5.41, 5.74) is 3.16. The molecule has 1 fully saturated rings. The molecule has 0 aromatic heterocycles. The van der Waals surface area contributed by atoms with Gasteiger partial charge in [0.25, 0.3) is 11.8 Å². The number of rotatable bonds is 3. The SMILES string of the molecule is O=C(NN1C(=O)C(=Cc2ccc(O)cc2)SC1=S)c1ccccc1O. The molecule has 1 aliphatic rings. The standard InChI is InChI=1S/C17H12N2O4S2/c20-11-7-5-10(6-8-11)9-14-16(23)19(17(24)25-14)18-15(22)12-3-1-2-4-13(12)21/h1-9,20-21H,(H,18,22). The highest BCUT2D eigenvalue weighted by atomic mass is 32.2. The third-order valence-corrected chi connectivity index (χ3v) is 4.65. The molecule has 25 heavy (non-hydrogen) atoms. The number of phenolic OH excluding ortho intramolecular Hbond substituents is 2. The van der Waals surface area contributed by atoms with Gasteiger partial charge in [-0.2, -0.15) is 5.01 Å². The van der Waals surface area contributed by atoms with Gasteiger partial charge in [0.15, 0.2) is 4.32 Å². The summed E-state index contributed by atoms with van der Waals surface area (Å²) < 4.78 is 0.179. The minimum Gasteiger partial charge on any atom is -0.508 e. The molecule has 0 saturated carbocycles. The summed E-state index contributed by atoms with van der Waals surface area (Å²) in [6.07, 6.45) is 1.62. The molecule has 3 N–H and O–H groups in total. The van der Waals surface area contributed by atoms with Gasteiger partial charge < -0.3 is 10.2 Å². The number of amides is 2. The monoisotopic (exact) mass is 372 g/mol. The zero-order valence-electron chi connectivity index (χ0n) is 12.7. The van der Waals surface area contributed by atoms with E-state index in [9.17, 15) is 19.8 Å². The van der Waals surface area contributed by atoms with Crippen molar-refractivity contribution in [1.29, 1.82) is 0 Å². The Morgan fingerprint density at radius 3 is 2.48 bits per heavy atom. The summed E-state index contributed by atoms with van der Waals surface area (Å²) in [4.78, 5) is 25.0. The van der Waals surface area contributed by atoms with Crippen molar-refractivity contribution in [2.75, 3.05) is 0 Å². The van der Waals surface area contributed by atoms with Crippen LogP contribution in [0.25, 0.3) is 6.08 Å². The number of hydrogen-bond donors (Lipinski definition) is 3. The molecule has 1 aliphatic heterocycles. The molecule has 3 rings (SSSR count). The van der Waals surface area contributed by atoms with E-state index in [4.69, 9.17) is 12.2 Å². The van der Waals surface area contributed by atoms with Crippen molar-refractivity contribution in [2.45, 2.75) is 0 Å². The fraction of sp³-hybridized carbons (Fsp3) is 0. The van der Waals surface area contributed by atoms with Crippen LogP contribution in [0.15, 0.2) is 53.4 Å². The quantitative estimate of drug-likeness (QED) is 0.567. The van der Waals surface area contributed by atoms with Gasteiger partial charge in [-0.1, -0.05) is 36.0 Å². The number of nitrogens with zero attached hydrogens (tertiary/aromatic N) is 1. The molecule has 2 aromatic carbocycles. The molecule has 0 unspecified atom stereocenters. The van der Waals surface area contributed by atoms with Crippen LogP contribution in [0.1, 0.15) is 15.9 Å². The van der Waals surface area contributed by atoms with Gasteiger partial charge >= 0.3 is 0 Å². The molecule has 0 atom stereocenters. The molecular weight excluding hydrogens is 360 g/mol. The predicted octanol–water partition coefficient (Wildman–Crippen LogP) is 2.64. The van der Waals surface area contributed by atoms with Crippen molar-refractivity contribution in [2.24, 2.45) is 0 Å². The Kier molecular flexibility index (Phi) is 4.73. The number of carbonyl (C=O) groups excluding carboxylic acids is 2. The second-order valence-electron chi connectivity index (χ2n) is 5.07. The number of nitrogens with one attached hydrogen (secondary N) is 1. The van der Waals surface area contributed by atoms with Gasteiger partial charge in [0, 0.05) is 0 Å². The first kappa shape index (κ1) is 17.0. The van der Waals surface area contributed by atoms with Crippen LogP contribution in [0.5, 0.6) is 11.5 Å². The van der Waals surface area contributed by atoms with Crippen LogP contribution in [0.2, 0.25) is 0 Å². The summed E-state index contributed by atoms with van der Waals surface area (Å²) in [6.45, 7) is 0. The molecule has 0 radical (unpaired) electrons. The first-order valence-corrected chi connectivity index (χ1v) is 8.34. The highest BCUT2D eigenvalue weighted by Crippen LogP contribution is 2.32. The van der Waals surface area contributed by atoms with Crippen LogP contribution < -0.4 is 5.43 Å². The van der Waals surface area contributed by atoms with E-state index in [0.29, 0.717) is 10.5 Å². The highest BCUT2D eigenvalue weighted by Gasteiger charge is 2.34. The Bertz CT molecular complexity index is 894. The number of carbonyl (C=O) groups is 2. The molecule has 1 saturated heterocycles. The van der Waals surface area contributed by atoms with Crippen molar-refractivity contribution < 1.29 is 19.8 Å². The van der Waals surface area contributed by atoms with Crippen molar-refractivity contribution in [1.82, 2.24) is 10.4 Å². The average molecular weight is 372 g/mol. The largest absolute Gasteiger partial charge is 0.508 e. The van der Waals surface area contributed by atoms with E-state index >= 15 is 0 Å². The molecule has 6 nitrogen and oxygen atoms in total. The summed E-state index contributed by atoms with van der Waals surface area (Å²) in [7, 11) is 0. The molecule has 0 aliphatic carbocycles. The summed E-state index contributed by atoms with van der Waals surface area (Å²) in [5.74, 6) is -1.17. The highest BCUT2D eigenvalue weighted by molar-refractivity contribution is 8.26. The molecule has 2 amide bonds. The maximum atomic E-state index is 12.5. The molecule has 0 bridgehead atoms. The Morgan fingerprint density at radius 2 is 1.80 bits per heavy atom. The van der Waals surface area contributed by atoms with Crippen molar-refractivity contribution >= 4 is 46.2 Å². The number of para-hydroxylation sites is 1.